The van der Waals surface area contributed by atoms with Crippen LogP contribution in [0.25, 0.3) is 24.3 Å². The number of rotatable bonds is 12. The van der Waals surface area contributed by atoms with Gasteiger partial charge in [-0.05, 0) is 82.9 Å². The number of aromatic hydroxyl groups is 3. The van der Waals surface area contributed by atoms with Crippen molar-refractivity contribution in [2.45, 2.75) is 6.42 Å². The molecule has 0 atom stereocenters. The van der Waals surface area contributed by atoms with Crippen LogP contribution in [0.1, 0.15) is 28.7 Å². The van der Waals surface area contributed by atoms with Crippen molar-refractivity contribution in [3.05, 3.63) is 113 Å². The highest BCUT2D eigenvalue weighted by molar-refractivity contribution is 6.10. The van der Waals surface area contributed by atoms with Crippen LogP contribution in [0.2, 0.25) is 0 Å². The maximum atomic E-state index is 11.9. The highest BCUT2D eigenvalue weighted by Crippen LogP contribution is 2.28. The van der Waals surface area contributed by atoms with Gasteiger partial charge in [-0.1, -0.05) is 48.6 Å². The number of carbonyl (C=O) groups is 2. The minimum absolute atomic E-state index is 0.00662. The van der Waals surface area contributed by atoms with Gasteiger partial charge in [0.2, 0.25) is 0 Å². The molecular weight excluding hydrogens is 588 g/mol. The summed E-state index contributed by atoms with van der Waals surface area (Å²) in [5.41, 5.74) is 3.33. The maximum Gasteiger partial charge on any atom is 0.163 e. The zero-order chi connectivity index (χ0) is 33.5. The van der Waals surface area contributed by atoms with Gasteiger partial charge in [0.05, 0.1) is 34.9 Å². The zero-order valence-electron chi connectivity index (χ0n) is 26.0. The van der Waals surface area contributed by atoms with Crippen molar-refractivity contribution in [1.82, 2.24) is 0 Å². The number of allylic oxidation sites excluding steroid dienone is 2. The molecule has 0 saturated heterocycles. The summed E-state index contributed by atoms with van der Waals surface area (Å²) in [4.78, 5) is 23.9. The average Bonchev–Trinajstić information content (AvgIpc) is 3.07. The Balaban J connectivity index is 0.000000266. The van der Waals surface area contributed by atoms with Gasteiger partial charge >= 0.3 is 0 Å². The largest absolute Gasteiger partial charge is 0.508 e. The molecule has 46 heavy (non-hydrogen) atoms. The van der Waals surface area contributed by atoms with Gasteiger partial charge in [0.15, 0.2) is 34.6 Å². The molecule has 0 aromatic heterocycles. The van der Waals surface area contributed by atoms with Gasteiger partial charge in [-0.25, -0.2) is 0 Å². The van der Waals surface area contributed by atoms with E-state index in [4.69, 9.17) is 18.9 Å². The molecule has 0 radical (unpaired) electrons. The Hall–Kier alpha value is -5.96. The molecule has 0 aliphatic rings. The van der Waals surface area contributed by atoms with Gasteiger partial charge in [-0.3, -0.25) is 9.59 Å². The highest BCUT2D eigenvalue weighted by Gasteiger charge is 2.06. The van der Waals surface area contributed by atoms with E-state index in [1.807, 2.05) is 42.5 Å². The van der Waals surface area contributed by atoms with Gasteiger partial charge in [0, 0.05) is 6.07 Å². The summed E-state index contributed by atoms with van der Waals surface area (Å²) in [5, 5.41) is 28.3. The molecule has 4 rings (SSSR count). The van der Waals surface area contributed by atoms with E-state index >= 15 is 0 Å². The lowest BCUT2D eigenvalue weighted by Crippen LogP contribution is -2.01. The van der Waals surface area contributed by atoms with E-state index in [1.165, 1.54) is 38.5 Å². The predicted molar refractivity (Wildman–Crippen MR) is 179 cm³/mol. The predicted octanol–water partition coefficient (Wildman–Crippen LogP) is 6.95. The lowest BCUT2D eigenvalue weighted by atomic mass is 10.1. The van der Waals surface area contributed by atoms with E-state index in [0.717, 1.165) is 22.6 Å². The number of methoxy groups -OCH3 is 4. The highest BCUT2D eigenvalue weighted by atomic mass is 16.5. The van der Waals surface area contributed by atoms with Crippen LogP contribution in [0, 0.1) is 0 Å². The van der Waals surface area contributed by atoms with Crippen LogP contribution in [0.4, 0.5) is 0 Å². The third kappa shape index (κ3) is 10.9. The first-order valence-corrected chi connectivity index (χ1v) is 14.0. The summed E-state index contributed by atoms with van der Waals surface area (Å²) >= 11 is 0. The fourth-order valence-corrected chi connectivity index (χ4v) is 3.97. The first-order chi connectivity index (χ1) is 22.1. The third-order valence-electron chi connectivity index (χ3n) is 6.41. The van der Waals surface area contributed by atoms with Crippen LogP contribution in [-0.2, 0) is 9.59 Å². The van der Waals surface area contributed by atoms with Crippen molar-refractivity contribution in [1.29, 1.82) is 0 Å². The SMILES string of the molecule is COc1cc(/C=C/C(=O)CC(=O)/C=C/c2ccc(O)c(OC)c2)ccc1O.COc1cc(/C=C/c2ccc(O)cc2)cc(OC)c1. The summed E-state index contributed by atoms with van der Waals surface area (Å²) in [6.45, 7) is 0. The minimum Gasteiger partial charge on any atom is -0.508 e. The Morgan fingerprint density at radius 3 is 1.39 bits per heavy atom. The molecule has 238 valence electrons. The average molecular weight is 625 g/mol. The Bertz CT molecular complexity index is 1620. The van der Waals surface area contributed by atoms with Gasteiger partial charge in [-0.15, -0.1) is 0 Å². The molecule has 4 aromatic carbocycles. The number of ketones is 2. The van der Waals surface area contributed by atoms with Crippen LogP contribution in [-0.4, -0.2) is 55.3 Å². The smallest absolute Gasteiger partial charge is 0.163 e. The van der Waals surface area contributed by atoms with E-state index in [2.05, 4.69) is 0 Å². The van der Waals surface area contributed by atoms with E-state index < -0.39 is 0 Å². The number of phenolic OH excluding ortho intramolecular Hbond substituents is 3. The van der Waals surface area contributed by atoms with Crippen molar-refractivity contribution in [2.75, 3.05) is 28.4 Å². The molecule has 0 amide bonds. The molecule has 9 nitrogen and oxygen atoms in total. The summed E-state index contributed by atoms with van der Waals surface area (Å²) in [6.07, 6.45) is 9.38. The molecule has 9 heteroatoms. The Morgan fingerprint density at radius 1 is 0.522 bits per heavy atom. The van der Waals surface area contributed by atoms with Crippen molar-refractivity contribution in [3.63, 3.8) is 0 Å². The van der Waals surface area contributed by atoms with Crippen molar-refractivity contribution >= 4 is 35.9 Å². The lowest BCUT2D eigenvalue weighted by molar-refractivity contribution is -0.121. The summed E-state index contributed by atoms with van der Waals surface area (Å²) in [6, 6.07) is 22.0. The van der Waals surface area contributed by atoms with Crippen LogP contribution >= 0.6 is 0 Å². The number of hydrogen-bond acceptors (Lipinski definition) is 9. The number of ether oxygens (including phenoxy) is 4. The molecule has 0 saturated carbocycles. The first kappa shape index (κ1) is 34.5. The Labute approximate surface area is 267 Å². The molecule has 4 aromatic rings. The van der Waals surface area contributed by atoms with Gasteiger partial charge in [0.1, 0.15) is 17.2 Å². The van der Waals surface area contributed by atoms with Gasteiger partial charge in [-0.2, -0.15) is 0 Å². The molecule has 0 fully saturated rings. The summed E-state index contributed by atoms with van der Waals surface area (Å²) < 4.78 is 20.4. The van der Waals surface area contributed by atoms with Crippen LogP contribution in [0.5, 0.6) is 40.2 Å². The second-order valence-corrected chi connectivity index (χ2v) is 9.71. The molecule has 0 aliphatic carbocycles. The van der Waals surface area contributed by atoms with E-state index in [1.54, 1.807) is 62.8 Å². The molecule has 0 aliphatic heterocycles. The van der Waals surface area contributed by atoms with Crippen molar-refractivity contribution in [3.8, 4) is 40.2 Å². The monoisotopic (exact) mass is 624 g/mol. The molecule has 0 spiro atoms. The fraction of sp³-hybridized carbons (Fsp3) is 0.135. The normalized spacial score (nSPS) is 10.9. The number of benzene rings is 4. The van der Waals surface area contributed by atoms with Gasteiger partial charge in [0.25, 0.3) is 0 Å². The van der Waals surface area contributed by atoms with Gasteiger partial charge < -0.3 is 34.3 Å². The van der Waals surface area contributed by atoms with E-state index in [0.29, 0.717) is 22.6 Å². The minimum atomic E-state index is -0.347. The molecular formula is C37H36O9. The molecule has 0 heterocycles. The molecule has 3 N–H and O–H groups in total. The van der Waals surface area contributed by atoms with Crippen LogP contribution < -0.4 is 18.9 Å². The summed E-state index contributed by atoms with van der Waals surface area (Å²) in [5.74, 6) is 1.69. The zero-order valence-corrected chi connectivity index (χ0v) is 26.0. The van der Waals surface area contributed by atoms with Crippen molar-refractivity contribution < 1.29 is 43.9 Å². The lowest BCUT2D eigenvalue weighted by Gasteiger charge is -2.05. The van der Waals surface area contributed by atoms with E-state index in [9.17, 15) is 24.9 Å². The third-order valence-corrected chi connectivity index (χ3v) is 6.41. The quantitative estimate of drug-likeness (QED) is 0.0870. The topological polar surface area (TPSA) is 132 Å². The van der Waals surface area contributed by atoms with E-state index in [-0.39, 0.29) is 35.2 Å². The fourth-order valence-electron chi connectivity index (χ4n) is 3.97. The number of carbonyl (C=O) groups excluding carboxylic acids is 2. The molecule has 0 bridgehead atoms. The van der Waals surface area contributed by atoms with Crippen molar-refractivity contribution in [2.24, 2.45) is 0 Å². The second-order valence-electron chi connectivity index (χ2n) is 9.71. The second kappa shape index (κ2) is 17.4. The first-order valence-electron chi connectivity index (χ1n) is 14.0. The maximum absolute atomic E-state index is 11.9. The molecule has 0 unspecified atom stereocenters. The number of hydrogen-bond donors (Lipinski definition) is 3. The Morgan fingerprint density at radius 2 is 0.957 bits per heavy atom. The van der Waals surface area contributed by atoms with Crippen LogP contribution in [0.3, 0.4) is 0 Å². The number of phenols is 3. The summed E-state index contributed by atoms with van der Waals surface area (Å²) in [7, 11) is 6.12. The Kier molecular flexibility index (Phi) is 13.0. The standard InChI is InChI=1S/C21H20O6.C16H16O3/c1-26-20-11-14(5-9-18(20)24)3-7-16(22)13-17(23)8-4-15-6-10-19(25)21(12-15)27-2;1-18-15-9-13(10-16(11-15)19-2)4-3-12-5-7-14(17)8-6-12/h3-12,24-25H,13H2,1-2H3;3-11,17H,1-2H3/b7-3+,8-4+;4-3+. The van der Waals surface area contributed by atoms with Crippen LogP contribution in [0.15, 0.2) is 91.0 Å².